The number of carbonyl (C=O) groups excluding carboxylic acids is 1. The van der Waals surface area contributed by atoms with Crippen LogP contribution in [0.3, 0.4) is 0 Å². The van der Waals surface area contributed by atoms with Crippen LogP contribution in [0.5, 0.6) is 0 Å². The lowest BCUT2D eigenvalue weighted by Gasteiger charge is -2.28. The van der Waals surface area contributed by atoms with Crippen LogP contribution in [-0.4, -0.2) is 48.3 Å². The van der Waals surface area contributed by atoms with E-state index in [1.54, 1.807) is 0 Å². The normalized spacial score (nSPS) is 17.2. The van der Waals surface area contributed by atoms with Crippen LogP contribution in [0.25, 0.3) is 11.3 Å². The summed E-state index contributed by atoms with van der Waals surface area (Å²) in [6, 6.07) is 10.4. The van der Waals surface area contributed by atoms with E-state index in [2.05, 4.69) is 23.9 Å². The summed E-state index contributed by atoms with van der Waals surface area (Å²) in [6.45, 7) is 7.66. The number of morpholine rings is 1. The molecule has 0 bridgehead atoms. The zero-order valence-electron chi connectivity index (χ0n) is 16.8. The zero-order valence-corrected chi connectivity index (χ0v) is 16.8. The third-order valence-electron chi connectivity index (χ3n) is 5.33. The molecule has 0 N–H and O–H groups in total. The van der Waals surface area contributed by atoms with E-state index in [4.69, 9.17) is 9.26 Å². The fourth-order valence-corrected chi connectivity index (χ4v) is 3.72. The number of anilines is 1. The molecule has 1 amide bonds. The van der Waals surface area contributed by atoms with E-state index in [1.165, 1.54) is 0 Å². The van der Waals surface area contributed by atoms with Crippen LogP contribution in [0, 0.1) is 5.92 Å². The number of carbonyl (C=O) groups is 1. The summed E-state index contributed by atoms with van der Waals surface area (Å²) < 4.78 is 11.3. The summed E-state index contributed by atoms with van der Waals surface area (Å²) in [5.41, 5.74) is 2.87. The third-order valence-corrected chi connectivity index (χ3v) is 5.33. The van der Waals surface area contributed by atoms with Gasteiger partial charge >= 0.3 is 0 Å². The Morgan fingerprint density at radius 1 is 1.21 bits per heavy atom. The second kappa shape index (κ2) is 8.35. The largest absolute Gasteiger partial charge is 0.378 e. The van der Waals surface area contributed by atoms with Crippen molar-refractivity contribution in [2.75, 3.05) is 31.2 Å². The second-order valence-corrected chi connectivity index (χ2v) is 8.13. The number of benzene rings is 1. The molecule has 1 aliphatic carbocycles. The molecule has 6 heteroatoms. The van der Waals surface area contributed by atoms with Crippen molar-refractivity contribution in [2.24, 2.45) is 5.92 Å². The van der Waals surface area contributed by atoms with Crippen molar-refractivity contribution >= 4 is 11.8 Å². The lowest BCUT2D eigenvalue weighted by atomic mass is 10.1. The van der Waals surface area contributed by atoms with Crippen LogP contribution < -0.4 is 4.90 Å². The van der Waals surface area contributed by atoms with Crippen LogP contribution in [0.15, 0.2) is 34.9 Å². The Labute approximate surface area is 166 Å². The highest BCUT2D eigenvalue weighted by Gasteiger charge is 2.35. The topological polar surface area (TPSA) is 58.8 Å². The summed E-state index contributed by atoms with van der Waals surface area (Å²) in [7, 11) is 0. The molecular weight excluding hydrogens is 354 g/mol. The number of hydrogen-bond donors (Lipinski definition) is 0. The number of amides is 1. The summed E-state index contributed by atoms with van der Waals surface area (Å²) in [5.74, 6) is 1.36. The van der Waals surface area contributed by atoms with Gasteiger partial charge in [0.1, 0.15) is 5.69 Å². The Morgan fingerprint density at radius 3 is 2.57 bits per heavy atom. The monoisotopic (exact) mass is 383 g/mol. The maximum absolute atomic E-state index is 12.9. The lowest BCUT2D eigenvalue weighted by molar-refractivity contribution is -0.133. The van der Waals surface area contributed by atoms with Crippen molar-refractivity contribution in [3.63, 3.8) is 0 Å². The lowest BCUT2D eigenvalue weighted by Crippen LogP contribution is -2.38. The van der Waals surface area contributed by atoms with Gasteiger partial charge in [-0.05, 0) is 18.8 Å². The van der Waals surface area contributed by atoms with Gasteiger partial charge in [-0.3, -0.25) is 4.79 Å². The maximum atomic E-state index is 12.9. The highest BCUT2D eigenvalue weighted by atomic mass is 16.5. The third kappa shape index (κ3) is 4.22. The Hall–Kier alpha value is -2.34. The number of nitrogens with zero attached hydrogens (tertiary/aromatic N) is 3. The molecule has 150 valence electrons. The summed E-state index contributed by atoms with van der Waals surface area (Å²) in [4.78, 5) is 17.2. The SMILES string of the molecule is CC(C)CC(=O)N(Cc1c(-c2ccccc2)noc1N1CCOCC1)C1CC1. The van der Waals surface area contributed by atoms with Crippen molar-refractivity contribution in [1.29, 1.82) is 0 Å². The van der Waals surface area contributed by atoms with Crippen LogP contribution >= 0.6 is 0 Å². The van der Waals surface area contributed by atoms with Gasteiger partial charge in [0.05, 0.1) is 25.3 Å². The molecule has 0 radical (unpaired) electrons. The molecule has 2 heterocycles. The van der Waals surface area contributed by atoms with Crippen LogP contribution in [-0.2, 0) is 16.1 Å². The standard InChI is InChI=1S/C22H29N3O3/c1-16(2)14-20(26)25(18-8-9-18)15-19-21(17-6-4-3-5-7-17)23-28-22(19)24-10-12-27-13-11-24/h3-7,16,18H,8-15H2,1-2H3. The van der Waals surface area contributed by atoms with Gasteiger partial charge < -0.3 is 19.1 Å². The van der Waals surface area contributed by atoms with Crippen LogP contribution in [0.2, 0.25) is 0 Å². The average Bonchev–Trinajstić information content (AvgIpc) is 3.46. The molecule has 1 aliphatic heterocycles. The molecule has 2 fully saturated rings. The van der Waals surface area contributed by atoms with E-state index in [1.807, 2.05) is 35.2 Å². The number of hydrogen-bond acceptors (Lipinski definition) is 5. The van der Waals surface area contributed by atoms with Crippen molar-refractivity contribution in [1.82, 2.24) is 10.1 Å². The number of rotatable bonds is 7. The molecule has 1 saturated carbocycles. The molecule has 1 saturated heterocycles. The van der Waals surface area contributed by atoms with Gasteiger partial charge in [-0.2, -0.15) is 0 Å². The minimum Gasteiger partial charge on any atom is -0.378 e. The van der Waals surface area contributed by atoms with Crippen molar-refractivity contribution in [3.8, 4) is 11.3 Å². The van der Waals surface area contributed by atoms with Gasteiger partial charge in [-0.1, -0.05) is 49.3 Å². The molecule has 28 heavy (non-hydrogen) atoms. The predicted molar refractivity (Wildman–Crippen MR) is 108 cm³/mol. The zero-order chi connectivity index (χ0) is 19.5. The molecule has 1 aromatic carbocycles. The minimum atomic E-state index is 0.227. The first kappa shape index (κ1) is 19.0. The van der Waals surface area contributed by atoms with Crippen LogP contribution in [0.1, 0.15) is 38.7 Å². The van der Waals surface area contributed by atoms with Gasteiger partial charge in [0, 0.05) is 31.1 Å². The average molecular weight is 383 g/mol. The van der Waals surface area contributed by atoms with Crippen molar-refractivity contribution < 1.29 is 14.1 Å². The maximum Gasteiger partial charge on any atom is 0.233 e. The Balaban J connectivity index is 1.68. The number of aromatic nitrogens is 1. The molecule has 1 aromatic heterocycles. The van der Waals surface area contributed by atoms with Crippen molar-refractivity contribution in [2.45, 2.75) is 45.7 Å². The van der Waals surface area contributed by atoms with E-state index in [0.29, 0.717) is 38.1 Å². The van der Waals surface area contributed by atoms with E-state index in [9.17, 15) is 4.79 Å². The van der Waals surface area contributed by atoms with Gasteiger partial charge in [0.25, 0.3) is 0 Å². The van der Waals surface area contributed by atoms with Crippen LogP contribution in [0.4, 0.5) is 5.88 Å². The smallest absolute Gasteiger partial charge is 0.233 e. The van der Waals surface area contributed by atoms with Crippen molar-refractivity contribution in [3.05, 3.63) is 35.9 Å². The Kier molecular flexibility index (Phi) is 5.67. The minimum absolute atomic E-state index is 0.227. The highest BCUT2D eigenvalue weighted by Crippen LogP contribution is 2.36. The quantitative estimate of drug-likeness (QED) is 0.729. The summed E-state index contributed by atoms with van der Waals surface area (Å²) in [5, 5.41) is 4.42. The highest BCUT2D eigenvalue weighted by molar-refractivity contribution is 5.78. The number of ether oxygens (including phenoxy) is 1. The van der Waals surface area contributed by atoms with Gasteiger partial charge in [-0.15, -0.1) is 0 Å². The molecule has 6 nitrogen and oxygen atoms in total. The molecule has 4 rings (SSSR count). The summed E-state index contributed by atoms with van der Waals surface area (Å²) >= 11 is 0. The van der Waals surface area contributed by atoms with Gasteiger partial charge in [-0.25, -0.2) is 0 Å². The predicted octanol–water partition coefficient (Wildman–Crippen LogP) is 3.72. The second-order valence-electron chi connectivity index (χ2n) is 8.13. The molecule has 2 aromatic rings. The molecular formula is C22H29N3O3. The van der Waals surface area contributed by atoms with Gasteiger partial charge in [0.2, 0.25) is 11.8 Å². The molecule has 0 atom stereocenters. The Bertz CT molecular complexity index is 793. The van der Waals surface area contributed by atoms with E-state index < -0.39 is 0 Å². The Morgan fingerprint density at radius 2 is 1.93 bits per heavy atom. The van der Waals surface area contributed by atoms with Gasteiger partial charge in [0.15, 0.2) is 0 Å². The first-order valence-electron chi connectivity index (χ1n) is 10.3. The summed E-state index contributed by atoms with van der Waals surface area (Å²) in [6.07, 6.45) is 2.75. The molecule has 0 unspecified atom stereocenters. The van der Waals surface area contributed by atoms with E-state index in [-0.39, 0.29) is 5.91 Å². The molecule has 2 aliphatic rings. The molecule has 0 spiro atoms. The first-order chi connectivity index (χ1) is 13.6. The first-order valence-corrected chi connectivity index (χ1v) is 10.3. The van der Waals surface area contributed by atoms with E-state index >= 15 is 0 Å². The fourth-order valence-electron chi connectivity index (χ4n) is 3.72. The van der Waals surface area contributed by atoms with E-state index in [0.717, 1.165) is 48.6 Å². The fraction of sp³-hybridized carbons (Fsp3) is 0.545.